The van der Waals surface area contributed by atoms with Crippen molar-refractivity contribution in [1.29, 1.82) is 0 Å². The Morgan fingerprint density at radius 1 is 1.38 bits per heavy atom. The number of hydrogen-bond donors (Lipinski definition) is 1. The molecule has 0 aromatic rings. The topological polar surface area (TPSA) is 46.3 Å². The largest absolute Gasteiger partial charge is 0.342 e. The molecule has 13 heavy (non-hydrogen) atoms. The number of hydrogen-bond acceptors (Lipinski definition) is 2. The summed E-state index contributed by atoms with van der Waals surface area (Å²) in [6.07, 6.45) is 3.66. The minimum Gasteiger partial charge on any atom is -0.342 e. The lowest BCUT2D eigenvalue weighted by molar-refractivity contribution is -0.128. The van der Waals surface area contributed by atoms with Gasteiger partial charge in [0.05, 0.1) is 0 Å². The monoisotopic (exact) mass is 182 g/mol. The van der Waals surface area contributed by atoms with Crippen LogP contribution in [0.2, 0.25) is 0 Å². The van der Waals surface area contributed by atoms with Crippen LogP contribution in [0.15, 0.2) is 0 Å². The molecule has 3 heteroatoms. The Hall–Kier alpha value is -0.570. The summed E-state index contributed by atoms with van der Waals surface area (Å²) in [5, 5.41) is 0. The summed E-state index contributed by atoms with van der Waals surface area (Å²) in [6, 6.07) is 0.336. The quantitative estimate of drug-likeness (QED) is 0.596. The van der Waals surface area contributed by atoms with Gasteiger partial charge in [0.2, 0.25) is 5.91 Å². The second-order valence-electron chi connectivity index (χ2n) is 4.44. The van der Waals surface area contributed by atoms with Crippen LogP contribution in [0.4, 0.5) is 0 Å². The Balaban J connectivity index is 2.04. The highest BCUT2D eigenvalue weighted by Crippen LogP contribution is 2.35. The Labute approximate surface area is 79.3 Å². The lowest BCUT2D eigenvalue weighted by Gasteiger charge is -2.29. The first-order valence-corrected chi connectivity index (χ1v) is 5.19. The predicted octanol–water partition coefficient (Wildman–Crippen LogP) is 0.592. The van der Waals surface area contributed by atoms with E-state index in [2.05, 4.69) is 0 Å². The lowest BCUT2D eigenvalue weighted by Crippen LogP contribution is -2.38. The molecule has 3 atom stereocenters. The molecule has 0 spiro atoms. The zero-order chi connectivity index (χ0) is 9.42. The molecule has 1 aliphatic heterocycles. The second kappa shape index (κ2) is 3.29. The highest BCUT2D eigenvalue weighted by Gasteiger charge is 2.39. The first-order valence-electron chi connectivity index (χ1n) is 5.19. The Bertz CT molecular complexity index is 217. The van der Waals surface area contributed by atoms with Crippen LogP contribution in [0.3, 0.4) is 0 Å². The van der Waals surface area contributed by atoms with Gasteiger partial charge in [-0.15, -0.1) is 0 Å². The standard InChI is InChI=1S/C10H18N2O/c1-7(13)12-5-8-3-2-4-10(11)9(8)6-12/h8-10H,2-6,11H2,1H3/t8-,9-,10+/m0/s1. The second-order valence-corrected chi connectivity index (χ2v) is 4.44. The third-order valence-corrected chi connectivity index (χ3v) is 3.60. The fourth-order valence-electron chi connectivity index (χ4n) is 2.77. The predicted molar refractivity (Wildman–Crippen MR) is 51.1 cm³/mol. The normalized spacial score (nSPS) is 38.9. The molecule has 0 bridgehead atoms. The Kier molecular flexibility index (Phi) is 2.28. The first kappa shape index (κ1) is 9.00. The van der Waals surface area contributed by atoms with Crippen LogP contribution in [-0.4, -0.2) is 29.9 Å². The third kappa shape index (κ3) is 1.57. The lowest BCUT2D eigenvalue weighted by atomic mass is 9.78. The van der Waals surface area contributed by atoms with Crippen molar-refractivity contribution >= 4 is 5.91 Å². The molecule has 74 valence electrons. The number of fused-ring (bicyclic) bond motifs is 1. The van der Waals surface area contributed by atoms with Gasteiger partial charge in [0, 0.05) is 26.1 Å². The van der Waals surface area contributed by atoms with E-state index in [4.69, 9.17) is 5.73 Å². The molecule has 2 rings (SSSR count). The molecule has 2 N–H and O–H groups in total. The van der Waals surface area contributed by atoms with Crippen molar-refractivity contribution in [1.82, 2.24) is 4.90 Å². The molecule has 0 unspecified atom stereocenters. The molecule has 0 radical (unpaired) electrons. The number of nitrogens with zero attached hydrogens (tertiary/aromatic N) is 1. The molecular formula is C10H18N2O. The van der Waals surface area contributed by atoms with Crippen LogP contribution in [0, 0.1) is 11.8 Å². The summed E-state index contributed by atoms with van der Waals surface area (Å²) in [4.78, 5) is 13.1. The molecule has 0 aromatic carbocycles. The van der Waals surface area contributed by atoms with Crippen LogP contribution < -0.4 is 5.73 Å². The smallest absolute Gasteiger partial charge is 0.219 e. The van der Waals surface area contributed by atoms with Gasteiger partial charge in [-0.05, 0) is 24.7 Å². The van der Waals surface area contributed by atoms with Crippen molar-refractivity contribution in [3.63, 3.8) is 0 Å². The molecule has 2 fully saturated rings. The van der Waals surface area contributed by atoms with Crippen molar-refractivity contribution in [2.75, 3.05) is 13.1 Å². The molecular weight excluding hydrogens is 164 g/mol. The molecule has 1 amide bonds. The number of nitrogens with two attached hydrogens (primary N) is 1. The highest BCUT2D eigenvalue weighted by molar-refractivity contribution is 5.73. The molecule has 1 heterocycles. The van der Waals surface area contributed by atoms with Crippen molar-refractivity contribution in [3.8, 4) is 0 Å². The third-order valence-electron chi connectivity index (χ3n) is 3.60. The van der Waals surface area contributed by atoms with Crippen molar-refractivity contribution in [3.05, 3.63) is 0 Å². The van der Waals surface area contributed by atoms with Crippen LogP contribution in [0.5, 0.6) is 0 Å². The fraction of sp³-hybridized carbons (Fsp3) is 0.900. The summed E-state index contributed by atoms with van der Waals surface area (Å²) in [5.41, 5.74) is 6.04. The van der Waals surface area contributed by atoms with Crippen LogP contribution in [0.25, 0.3) is 0 Å². The number of carbonyl (C=O) groups is 1. The van der Waals surface area contributed by atoms with E-state index in [1.807, 2.05) is 4.90 Å². The maximum atomic E-state index is 11.2. The highest BCUT2D eigenvalue weighted by atomic mass is 16.2. The first-order chi connectivity index (χ1) is 6.18. The van der Waals surface area contributed by atoms with Gasteiger partial charge in [0.1, 0.15) is 0 Å². The number of carbonyl (C=O) groups excluding carboxylic acids is 1. The van der Waals surface area contributed by atoms with Gasteiger partial charge in [-0.3, -0.25) is 4.79 Å². The maximum absolute atomic E-state index is 11.2. The minimum absolute atomic E-state index is 0.210. The maximum Gasteiger partial charge on any atom is 0.219 e. The van der Waals surface area contributed by atoms with E-state index in [0.29, 0.717) is 17.9 Å². The van der Waals surface area contributed by atoms with E-state index in [0.717, 1.165) is 19.5 Å². The van der Waals surface area contributed by atoms with Gasteiger partial charge in [-0.2, -0.15) is 0 Å². The average molecular weight is 182 g/mol. The summed E-state index contributed by atoms with van der Waals surface area (Å²) in [5.74, 6) is 1.48. The van der Waals surface area contributed by atoms with Gasteiger partial charge in [-0.25, -0.2) is 0 Å². The van der Waals surface area contributed by atoms with Crippen molar-refractivity contribution < 1.29 is 4.79 Å². The molecule has 3 nitrogen and oxygen atoms in total. The average Bonchev–Trinajstić information content (AvgIpc) is 2.49. The van der Waals surface area contributed by atoms with E-state index < -0.39 is 0 Å². The number of rotatable bonds is 0. The molecule has 1 saturated carbocycles. The minimum atomic E-state index is 0.210. The molecule has 2 aliphatic rings. The van der Waals surface area contributed by atoms with Gasteiger partial charge in [-0.1, -0.05) is 6.42 Å². The SMILES string of the molecule is CC(=O)N1C[C@@H]2CCC[C@@H](N)[C@H]2C1. The number of likely N-dealkylation sites (tertiary alicyclic amines) is 1. The van der Waals surface area contributed by atoms with E-state index in [9.17, 15) is 4.79 Å². The Morgan fingerprint density at radius 3 is 2.77 bits per heavy atom. The van der Waals surface area contributed by atoms with Crippen LogP contribution in [0.1, 0.15) is 26.2 Å². The van der Waals surface area contributed by atoms with Gasteiger partial charge in [0.25, 0.3) is 0 Å². The summed E-state index contributed by atoms with van der Waals surface area (Å²) < 4.78 is 0. The molecule has 0 aromatic heterocycles. The van der Waals surface area contributed by atoms with Gasteiger partial charge in [0.15, 0.2) is 0 Å². The van der Waals surface area contributed by atoms with Crippen LogP contribution >= 0.6 is 0 Å². The summed E-state index contributed by atoms with van der Waals surface area (Å²) in [7, 11) is 0. The van der Waals surface area contributed by atoms with Crippen molar-refractivity contribution in [2.24, 2.45) is 17.6 Å². The summed E-state index contributed by atoms with van der Waals surface area (Å²) >= 11 is 0. The van der Waals surface area contributed by atoms with E-state index in [-0.39, 0.29) is 5.91 Å². The van der Waals surface area contributed by atoms with Crippen molar-refractivity contribution in [2.45, 2.75) is 32.2 Å². The number of amides is 1. The Morgan fingerprint density at radius 2 is 2.15 bits per heavy atom. The van der Waals surface area contributed by atoms with E-state index in [1.54, 1.807) is 6.92 Å². The fourth-order valence-corrected chi connectivity index (χ4v) is 2.77. The zero-order valence-electron chi connectivity index (χ0n) is 8.20. The summed E-state index contributed by atoms with van der Waals surface area (Å²) in [6.45, 7) is 3.51. The van der Waals surface area contributed by atoms with Crippen LogP contribution in [-0.2, 0) is 4.79 Å². The van der Waals surface area contributed by atoms with Gasteiger partial charge < -0.3 is 10.6 Å². The van der Waals surface area contributed by atoms with Gasteiger partial charge >= 0.3 is 0 Å². The molecule has 1 aliphatic carbocycles. The van der Waals surface area contributed by atoms with E-state index >= 15 is 0 Å². The molecule has 1 saturated heterocycles. The zero-order valence-corrected chi connectivity index (χ0v) is 8.20. The van der Waals surface area contributed by atoms with E-state index in [1.165, 1.54) is 12.8 Å².